The molecular formula is C32H59NO. The highest BCUT2D eigenvalue weighted by Crippen LogP contribution is 2.35. The van der Waals surface area contributed by atoms with E-state index in [-0.39, 0.29) is 5.75 Å². The Balaban J connectivity index is 0.000000375. The third kappa shape index (κ3) is 15.8. The molecule has 0 N–H and O–H groups in total. The van der Waals surface area contributed by atoms with Gasteiger partial charge in [-0.1, -0.05) is 133 Å². The summed E-state index contributed by atoms with van der Waals surface area (Å²) in [5.41, 5.74) is 1.04. The number of nitrogens with zero attached hydrogens (tertiary/aromatic N) is 1. The van der Waals surface area contributed by atoms with Crippen LogP contribution in [-0.2, 0) is 0 Å². The van der Waals surface area contributed by atoms with Crippen LogP contribution in [0.25, 0.3) is 0 Å². The molecule has 0 unspecified atom stereocenters. The maximum Gasteiger partial charge on any atom is 0.0782 e. The lowest BCUT2D eigenvalue weighted by atomic mass is 9.84. The largest absolute Gasteiger partial charge is 0.872 e. The molecule has 198 valence electrons. The molecule has 1 aliphatic rings. The first-order valence-corrected chi connectivity index (χ1v) is 15.1. The molecule has 2 heteroatoms. The summed E-state index contributed by atoms with van der Waals surface area (Å²) in [5, 5.41) is 11.5. The van der Waals surface area contributed by atoms with E-state index in [1.54, 1.807) is 6.07 Å². The Bertz CT molecular complexity index is 576. The average molecular weight is 474 g/mol. The van der Waals surface area contributed by atoms with Gasteiger partial charge in [0.15, 0.2) is 0 Å². The second-order valence-corrected chi connectivity index (χ2v) is 11.4. The molecule has 1 saturated carbocycles. The summed E-state index contributed by atoms with van der Waals surface area (Å²) in [7, 11) is 4.70. The van der Waals surface area contributed by atoms with Crippen molar-refractivity contribution in [2.24, 2.45) is 0 Å². The molecule has 1 aliphatic carbocycles. The second kappa shape index (κ2) is 20.2. The number of quaternary nitrogens is 1. The molecule has 0 heterocycles. The Kier molecular flexibility index (Phi) is 18.4. The summed E-state index contributed by atoms with van der Waals surface area (Å²) in [4.78, 5) is 0. The summed E-state index contributed by atoms with van der Waals surface area (Å²) in [6, 6.07) is 7.49. The zero-order chi connectivity index (χ0) is 24.9. The van der Waals surface area contributed by atoms with Gasteiger partial charge in [0, 0.05) is 0 Å². The Morgan fingerprint density at radius 2 is 1.15 bits per heavy atom. The van der Waals surface area contributed by atoms with Crippen molar-refractivity contribution in [1.82, 2.24) is 0 Å². The van der Waals surface area contributed by atoms with Gasteiger partial charge in [-0.2, -0.15) is 0 Å². The summed E-state index contributed by atoms with van der Waals surface area (Å²) in [6.45, 7) is 7.21. The fourth-order valence-corrected chi connectivity index (χ4v) is 5.12. The average Bonchev–Trinajstić information content (AvgIpc) is 2.85. The first-order valence-electron chi connectivity index (χ1n) is 15.1. The van der Waals surface area contributed by atoms with E-state index in [0.29, 0.717) is 5.92 Å². The van der Waals surface area contributed by atoms with Gasteiger partial charge in [0.25, 0.3) is 0 Å². The standard InChI is InChI=1S/C20H44N.C12H16O/c1-5-7-8-9-10-11-12-13-14-15-16-17-18-19-20-21(3,4)6-2;13-12-9-5-4-8-11(12)10-6-2-1-3-7-10/h5-20H2,1-4H3;4-5,8-10,13H,1-3,6-7H2/q+1;/p-1. The molecule has 0 saturated heterocycles. The van der Waals surface area contributed by atoms with Gasteiger partial charge in [-0.3, -0.25) is 0 Å². The van der Waals surface area contributed by atoms with Gasteiger partial charge in [0.05, 0.1) is 27.2 Å². The van der Waals surface area contributed by atoms with E-state index in [1.165, 1.54) is 140 Å². The van der Waals surface area contributed by atoms with Crippen molar-refractivity contribution < 1.29 is 9.59 Å². The molecule has 1 aromatic rings. The topological polar surface area (TPSA) is 23.1 Å². The molecule has 1 aromatic carbocycles. The van der Waals surface area contributed by atoms with E-state index < -0.39 is 0 Å². The van der Waals surface area contributed by atoms with Crippen LogP contribution in [0.4, 0.5) is 0 Å². The smallest absolute Gasteiger partial charge is 0.0782 e. The third-order valence-electron chi connectivity index (χ3n) is 7.94. The van der Waals surface area contributed by atoms with Gasteiger partial charge in [0.2, 0.25) is 0 Å². The lowest BCUT2D eigenvalue weighted by Gasteiger charge is -2.28. The van der Waals surface area contributed by atoms with Crippen LogP contribution in [0.3, 0.4) is 0 Å². The number of para-hydroxylation sites is 1. The van der Waals surface area contributed by atoms with Gasteiger partial charge in [-0.25, -0.2) is 0 Å². The Morgan fingerprint density at radius 1 is 0.676 bits per heavy atom. The van der Waals surface area contributed by atoms with Crippen LogP contribution < -0.4 is 5.11 Å². The number of hydrogen-bond acceptors (Lipinski definition) is 1. The minimum Gasteiger partial charge on any atom is -0.872 e. The predicted octanol–water partition coefficient (Wildman–Crippen LogP) is 9.37. The molecule has 0 amide bonds. The Hall–Kier alpha value is -1.02. The molecule has 0 radical (unpaired) electrons. The van der Waals surface area contributed by atoms with Crippen LogP contribution in [0.1, 0.15) is 147 Å². The molecule has 0 spiro atoms. The molecule has 0 bridgehead atoms. The molecule has 1 fully saturated rings. The van der Waals surface area contributed by atoms with Crippen molar-refractivity contribution in [2.45, 2.75) is 142 Å². The fourth-order valence-electron chi connectivity index (χ4n) is 5.12. The van der Waals surface area contributed by atoms with Crippen molar-refractivity contribution in [2.75, 3.05) is 27.2 Å². The second-order valence-electron chi connectivity index (χ2n) is 11.4. The highest BCUT2D eigenvalue weighted by Gasteiger charge is 2.15. The fraction of sp³-hybridized carbons (Fsp3) is 0.812. The molecule has 2 rings (SSSR count). The Labute approximate surface area is 214 Å². The lowest BCUT2D eigenvalue weighted by molar-refractivity contribution is -0.888. The molecule has 0 atom stereocenters. The van der Waals surface area contributed by atoms with Crippen LogP contribution in [-0.4, -0.2) is 31.7 Å². The van der Waals surface area contributed by atoms with Crippen molar-refractivity contribution >= 4 is 0 Å². The monoisotopic (exact) mass is 473 g/mol. The van der Waals surface area contributed by atoms with Crippen molar-refractivity contribution in [3.8, 4) is 5.75 Å². The first kappa shape index (κ1) is 31.0. The highest BCUT2D eigenvalue weighted by molar-refractivity contribution is 5.33. The van der Waals surface area contributed by atoms with E-state index in [9.17, 15) is 5.11 Å². The van der Waals surface area contributed by atoms with E-state index in [4.69, 9.17) is 0 Å². The van der Waals surface area contributed by atoms with Crippen molar-refractivity contribution in [3.63, 3.8) is 0 Å². The van der Waals surface area contributed by atoms with Gasteiger partial charge < -0.3 is 9.59 Å². The maximum atomic E-state index is 11.5. The molecule has 0 aromatic heterocycles. The van der Waals surface area contributed by atoms with E-state index in [0.717, 1.165) is 5.56 Å². The van der Waals surface area contributed by atoms with Crippen LogP contribution in [0.2, 0.25) is 0 Å². The van der Waals surface area contributed by atoms with Gasteiger partial charge >= 0.3 is 0 Å². The van der Waals surface area contributed by atoms with Crippen LogP contribution in [0.5, 0.6) is 5.75 Å². The third-order valence-corrected chi connectivity index (χ3v) is 7.94. The summed E-state index contributed by atoms with van der Waals surface area (Å²) >= 11 is 0. The molecular weight excluding hydrogens is 414 g/mol. The number of hydrogen-bond donors (Lipinski definition) is 0. The van der Waals surface area contributed by atoms with Gasteiger partial charge in [0.1, 0.15) is 0 Å². The minimum absolute atomic E-state index is 0.231. The lowest BCUT2D eigenvalue weighted by Crippen LogP contribution is -2.39. The van der Waals surface area contributed by atoms with Crippen molar-refractivity contribution in [1.29, 1.82) is 0 Å². The quantitative estimate of drug-likeness (QED) is 0.163. The SMILES string of the molecule is CCCCCCCCCCCCCCCC[N+](C)(C)CC.[O-]c1ccccc1C1CCCCC1. The Morgan fingerprint density at radius 3 is 1.62 bits per heavy atom. The van der Waals surface area contributed by atoms with Gasteiger partial charge in [-0.05, 0) is 38.5 Å². The van der Waals surface area contributed by atoms with Crippen molar-refractivity contribution in [3.05, 3.63) is 29.8 Å². The van der Waals surface area contributed by atoms with E-state index >= 15 is 0 Å². The normalized spacial score (nSPS) is 14.6. The number of benzene rings is 1. The maximum absolute atomic E-state index is 11.5. The van der Waals surface area contributed by atoms with E-state index in [1.807, 2.05) is 18.2 Å². The molecule has 2 nitrogen and oxygen atoms in total. The van der Waals surface area contributed by atoms with Crippen LogP contribution in [0, 0.1) is 0 Å². The summed E-state index contributed by atoms with van der Waals surface area (Å²) in [6.07, 6.45) is 26.7. The van der Waals surface area contributed by atoms with Gasteiger partial charge in [-0.15, -0.1) is 5.75 Å². The highest BCUT2D eigenvalue weighted by atomic mass is 16.3. The first-order chi connectivity index (χ1) is 16.5. The number of unbranched alkanes of at least 4 members (excludes halogenated alkanes) is 13. The van der Waals surface area contributed by atoms with Crippen LogP contribution >= 0.6 is 0 Å². The molecule has 34 heavy (non-hydrogen) atoms. The summed E-state index contributed by atoms with van der Waals surface area (Å²) in [5.74, 6) is 0.775. The molecule has 0 aliphatic heterocycles. The predicted molar refractivity (Wildman–Crippen MR) is 150 cm³/mol. The zero-order valence-corrected chi connectivity index (χ0v) is 23.6. The zero-order valence-electron chi connectivity index (χ0n) is 23.6. The van der Waals surface area contributed by atoms with E-state index in [2.05, 4.69) is 27.9 Å². The van der Waals surface area contributed by atoms with Crippen LogP contribution in [0.15, 0.2) is 24.3 Å². The number of rotatable bonds is 17. The summed E-state index contributed by atoms with van der Waals surface area (Å²) < 4.78 is 1.19. The minimum atomic E-state index is 0.231.